The highest BCUT2D eigenvalue weighted by molar-refractivity contribution is 5.99. The van der Waals surface area contributed by atoms with Gasteiger partial charge in [0.1, 0.15) is 11.5 Å². The lowest BCUT2D eigenvalue weighted by atomic mass is 9.73. The molecule has 0 aromatic carbocycles. The Labute approximate surface area is 223 Å². The molecule has 2 saturated heterocycles. The number of carbonyl (C=O) groups excluding carboxylic acids is 1. The van der Waals surface area contributed by atoms with Crippen LogP contribution in [0.4, 0.5) is 17.5 Å². The molecule has 2 aliphatic heterocycles. The molecule has 5 heterocycles. The van der Waals surface area contributed by atoms with Gasteiger partial charge in [0.2, 0.25) is 5.95 Å². The van der Waals surface area contributed by atoms with E-state index in [1.165, 1.54) is 32.6 Å². The summed E-state index contributed by atoms with van der Waals surface area (Å²) in [4.78, 5) is 42.3. The van der Waals surface area contributed by atoms with Crippen molar-refractivity contribution >= 4 is 34.3 Å². The Hall–Kier alpha value is -3.33. The van der Waals surface area contributed by atoms with Crippen molar-refractivity contribution in [3.05, 3.63) is 46.0 Å². The van der Waals surface area contributed by atoms with Crippen molar-refractivity contribution in [2.75, 3.05) is 36.4 Å². The van der Waals surface area contributed by atoms with Crippen LogP contribution in [0.5, 0.6) is 0 Å². The normalized spacial score (nSPS) is 19.8. The fraction of sp³-hybridized carbons (Fsp3) is 0.552. The van der Waals surface area contributed by atoms with Crippen LogP contribution >= 0.6 is 0 Å². The lowest BCUT2D eigenvalue weighted by molar-refractivity contribution is 0.101. The largest absolute Gasteiger partial charge is 0.370 e. The second-order valence-corrected chi connectivity index (χ2v) is 11.4. The Morgan fingerprint density at radius 3 is 2.58 bits per heavy atom. The van der Waals surface area contributed by atoms with Crippen LogP contribution in [0.2, 0.25) is 0 Å². The van der Waals surface area contributed by atoms with Crippen LogP contribution in [0.3, 0.4) is 0 Å². The van der Waals surface area contributed by atoms with Gasteiger partial charge in [-0.3, -0.25) is 14.2 Å². The second-order valence-electron chi connectivity index (χ2n) is 11.4. The summed E-state index contributed by atoms with van der Waals surface area (Å²) in [6.45, 7) is 7.66. The number of nitrogens with zero attached hydrogens (tertiary/aromatic N) is 5. The van der Waals surface area contributed by atoms with E-state index in [-0.39, 0.29) is 22.9 Å². The van der Waals surface area contributed by atoms with Crippen LogP contribution in [0.1, 0.15) is 80.3 Å². The molecular formula is C29H37N7O2. The van der Waals surface area contributed by atoms with Gasteiger partial charge in [-0.2, -0.15) is 4.98 Å². The minimum absolute atomic E-state index is 0.0524. The molecular weight excluding hydrogens is 478 g/mol. The minimum Gasteiger partial charge on any atom is -0.370 e. The first-order valence-electron chi connectivity index (χ1n) is 14.1. The predicted molar refractivity (Wildman–Crippen MR) is 150 cm³/mol. The van der Waals surface area contributed by atoms with Crippen molar-refractivity contribution < 1.29 is 4.79 Å². The molecule has 3 aromatic rings. The standard InChI is InChI=1S/C29H37N7O2/c1-19-23-17-32-28(34-26(23)36(21-6-3-4-7-21)27(38)25(19)20(2)37)33-24-9-8-22(16-31-24)35-15-5-10-29(18-35)11-13-30-14-12-29/h8-9,16-17,21,30H,3-7,10-15,18H2,1-2H3,(H,31,32,33,34). The predicted octanol–water partition coefficient (Wildman–Crippen LogP) is 4.53. The highest BCUT2D eigenvalue weighted by atomic mass is 16.1. The topological polar surface area (TPSA) is 105 Å². The molecule has 3 aliphatic rings. The first-order valence-corrected chi connectivity index (χ1v) is 14.1. The van der Waals surface area contributed by atoms with E-state index in [1.807, 2.05) is 19.2 Å². The summed E-state index contributed by atoms with van der Waals surface area (Å²) in [5, 5.41) is 7.48. The number of ketones is 1. The Morgan fingerprint density at radius 2 is 1.87 bits per heavy atom. The third-order valence-corrected chi connectivity index (χ3v) is 8.93. The molecule has 0 amide bonds. The quantitative estimate of drug-likeness (QED) is 0.478. The molecule has 2 N–H and O–H groups in total. The van der Waals surface area contributed by atoms with E-state index in [2.05, 4.69) is 31.6 Å². The fourth-order valence-corrected chi connectivity index (χ4v) is 6.86. The smallest absolute Gasteiger partial charge is 0.263 e. The number of carbonyl (C=O) groups is 1. The van der Waals surface area contributed by atoms with Gasteiger partial charge in [0.25, 0.3) is 5.56 Å². The molecule has 3 fully saturated rings. The first-order chi connectivity index (χ1) is 18.4. The van der Waals surface area contributed by atoms with Crippen LogP contribution in [0.15, 0.2) is 29.3 Å². The van der Waals surface area contributed by atoms with Crippen LogP contribution in [0.25, 0.3) is 11.0 Å². The molecule has 0 atom stereocenters. The molecule has 1 aliphatic carbocycles. The van der Waals surface area contributed by atoms with E-state index in [4.69, 9.17) is 4.98 Å². The number of Topliss-reactive ketones (excluding diaryl/α,β-unsaturated/α-hetero) is 1. The van der Waals surface area contributed by atoms with Gasteiger partial charge >= 0.3 is 0 Å². The summed E-state index contributed by atoms with van der Waals surface area (Å²) in [6.07, 6.45) is 12.7. The van der Waals surface area contributed by atoms with Crippen LogP contribution in [0, 0.1) is 12.3 Å². The molecule has 0 radical (unpaired) electrons. The third kappa shape index (κ3) is 4.57. The summed E-state index contributed by atoms with van der Waals surface area (Å²) in [5.74, 6) is 0.839. The maximum atomic E-state index is 13.4. The van der Waals surface area contributed by atoms with Gasteiger partial charge in [-0.25, -0.2) is 9.97 Å². The van der Waals surface area contributed by atoms with Gasteiger partial charge in [0.15, 0.2) is 5.78 Å². The average molecular weight is 516 g/mol. The van der Waals surface area contributed by atoms with Gasteiger partial charge in [0.05, 0.1) is 17.4 Å². The maximum Gasteiger partial charge on any atom is 0.263 e. The van der Waals surface area contributed by atoms with E-state index < -0.39 is 0 Å². The Balaban J connectivity index is 1.27. The zero-order valence-corrected chi connectivity index (χ0v) is 22.4. The Morgan fingerprint density at radius 1 is 1.08 bits per heavy atom. The van der Waals surface area contributed by atoms with E-state index in [0.29, 0.717) is 28.4 Å². The molecule has 1 spiro atoms. The SMILES string of the molecule is CC(=O)c1c(C)c2cnc(Nc3ccc(N4CCCC5(CCNCC5)C4)cn3)nc2n(C2CCCC2)c1=O. The summed E-state index contributed by atoms with van der Waals surface area (Å²) >= 11 is 0. The molecule has 9 nitrogen and oxygen atoms in total. The lowest BCUT2D eigenvalue weighted by Gasteiger charge is -2.46. The molecule has 6 rings (SSSR count). The van der Waals surface area contributed by atoms with Crippen molar-refractivity contribution in [3.63, 3.8) is 0 Å². The molecule has 200 valence electrons. The lowest BCUT2D eigenvalue weighted by Crippen LogP contribution is -2.48. The zero-order chi connectivity index (χ0) is 26.3. The van der Waals surface area contributed by atoms with Crippen molar-refractivity contribution in [1.82, 2.24) is 24.8 Å². The van der Waals surface area contributed by atoms with Gasteiger partial charge in [-0.05, 0) is 88.6 Å². The molecule has 1 saturated carbocycles. The molecule has 3 aromatic heterocycles. The number of hydrogen-bond donors (Lipinski definition) is 2. The summed E-state index contributed by atoms with van der Waals surface area (Å²) in [6, 6.07) is 4.14. The number of pyridine rings is 2. The van der Waals surface area contributed by atoms with E-state index in [9.17, 15) is 9.59 Å². The van der Waals surface area contributed by atoms with Crippen LogP contribution in [-0.2, 0) is 0 Å². The van der Waals surface area contributed by atoms with Gasteiger partial charge < -0.3 is 15.5 Å². The number of aromatic nitrogens is 4. The number of piperidine rings is 2. The van der Waals surface area contributed by atoms with Gasteiger partial charge in [0, 0.05) is 30.7 Å². The van der Waals surface area contributed by atoms with E-state index in [1.54, 1.807) is 10.8 Å². The van der Waals surface area contributed by atoms with E-state index >= 15 is 0 Å². The summed E-state index contributed by atoms with van der Waals surface area (Å²) in [5.41, 5.74) is 2.81. The van der Waals surface area contributed by atoms with Gasteiger partial charge in [-0.15, -0.1) is 0 Å². The molecule has 9 heteroatoms. The second kappa shape index (κ2) is 10.1. The van der Waals surface area contributed by atoms with Crippen molar-refractivity contribution in [3.8, 4) is 0 Å². The van der Waals surface area contributed by atoms with E-state index in [0.717, 1.165) is 62.9 Å². The number of aryl methyl sites for hydroxylation is 1. The third-order valence-electron chi connectivity index (χ3n) is 8.93. The van der Waals surface area contributed by atoms with Crippen molar-refractivity contribution in [2.45, 2.75) is 71.3 Å². The zero-order valence-electron chi connectivity index (χ0n) is 22.4. The van der Waals surface area contributed by atoms with Crippen LogP contribution in [-0.4, -0.2) is 51.5 Å². The molecule has 0 unspecified atom stereocenters. The van der Waals surface area contributed by atoms with Crippen molar-refractivity contribution in [2.24, 2.45) is 5.41 Å². The Kier molecular flexibility index (Phi) is 6.63. The average Bonchev–Trinajstić information content (AvgIpc) is 3.44. The maximum absolute atomic E-state index is 13.4. The van der Waals surface area contributed by atoms with Gasteiger partial charge in [-0.1, -0.05) is 12.8 Å². The highest BCUT2D eigenvalue weighted by Gasteiger charge is 2.36. The minimum atomic E-state index is -0.241. The number of fused-ring (bicyclic) bond motifs is 1. The highest BCUT2D eigenvalue weighted by Crippen LogP contribution is 2.39. The number of anilines is 3. The number of hydrogen-bond acceptors (Lipinski definition) is 8. The number of rotatable bonds is 5. The Bertz CT molecular complexity index is 1400. The molecule has 0 bridgehead atoms. The molecule has 38 heavy (non-hydrogen) atoms. The summed E-state index contributed by atoms with van der Waals surface area (Å²) < 4.78 is 1.74. The summed E-state index contributed by atoms with van der Waals surface area (Å²) in [7, 11) is 0. The first kappa shape index (κ1) is 25.0. The van der Waals surface area contributed by atoms with Crippen LogP contribution < -0.4 is 21.1 Å². The number of nitrogens with one attached hydrogen (secondary N) is 2. The van der Waals surface area contributed by atoms with Crippen molar-refractivity contribution in [1.29, 1.82) is 0 Å². The monoisotopic (exact) mass is 515 g/mol. The fourth-order valence-electron chi connectivity index (χ4n) is 6.86.